The van der Waals surface area contributed by atoms with E-state index < -0.39 is 17.3 Å². The number of aryl methyl sites for hydroxylation is 1. The van der Waals surface area contributed by atoms with Gasteiger partial charge in [0.05, 0.1) is 11.3 Å². The van der Waals surface area contributed by atoms with E-state index in [9.17, 15) is 18.0 Å². The molecule has 1 N–H and O–H groups in total. The highest BCUT2D eigenvalue weighted by atomic mass is 19.4. The van der Waals surface area contributed by atoms with Crippen molar-refractivity contribution in [1.29, 1.82) is 0 Å². The molecule has 2 aromatic rings. The Labute approximate surface area is 100 Å². The van der Waals surface area contributed by atoms with Gasteiger partial charge in [-0.1, -0.05) is 0 Å². The molecule has 1 aromatic carbocycles. The molecule has 0 aliphatic heterocycles. The van der Waals surface area contributed by atoms with E-state index in [2.05, 4.69) is 10.2 Å². The van der Waals surface area contributed by atoms with E-state index in [-0.39, 0.29) is 0 Å². The highest BCUT2D eigenvalue weighted by molar-refractivity contribution is 5.60. The Kier molecular flexibility index (Phi) is 2.94. The maximum atomic E-state index is 12.6. The zero-order chi connectivity index (χ0) is 13.3. The first-order valence-corrected chi connectivity index (χ1v) is 5.11. The summed E-state index contributed by atoms with van der Waals surface area (Å²) in [5, 5.41) is 5.90. The highest BCUT2D eigenvalue weighted by Crippen LogP contribution is 2.32. The van der Waals surface area contributed by atoms with Crippen LogP contribution in [0.1, 0.15) is 11.1 Å². The van der Waals surface area contributed by atoms with Crippen LogP contribution in [0.3, 0.4) is 0 Å². The SMILES string of the molecule is Cc1cc(-c2ccc(=O)[nH]n2)cc(C(F)(F)F)c1. The van der Waals surface area contributed by atoms with Gasteiger partial charge in [-0.15, -0.1) is 0 Å². The summed E-state index contributed by atoms with van der Waals surface area (Å²) in [6.07, 6.45) is -4.40. The van der Waals surface area contributed by atoms with Crippen molar-refractivity contribution in [2.24, 2.45) is 0 Å². The average Bonchev–Trinajstić information content (AvgIpc) is 2.28. The van der Waals surface area contributed by atoms with E-state index >= 15 is 0 Å². The van der Waals surface area contributed by atoms with Crippen molar-refractivity contribution < 1.29 is 13.2 Å². The molecule has 94 valence electrons. The second-order valence-electron chi connectivity index (χ2n) is 3.89. The van der Waals surface area contributed by atoms with Crippen molar-refractivity contribution in [3.8, 4) is 11.3 Å². The van der Waals surface area contributed by atoms with Crippen molar-refractivity contribution in [2.45, 2.75) is 13.1 Å². The van der Waals surface area contributed by atoms with Gasteiger partial charge in [-0.2, -0.15) is 18.3 Å². The van der Waals surface area contributed by atoms with Crippen LogP contribution < -0.4 is 5.56 Å². The number of rotatable bonds is 1. The molecule has 0 spiro atoms. The molecule has 0 unspecified atom stereocenters. The Morgan fingerprint density at radius 3 is 2.44 bits per heavy atom. The molecule has 0 radical (unpaired) electrons. The minimum absolute atomic E-state index is 0.295. The third-order valence-corrected chi connectivity index (χ3v) is 2.38. The number of hydrogen-bond acceptors (Lipinski definition) is 2. The number of alkyl halides is 3. The van der Waals surface area contributed by atoms with Crippen molar-refractivity contribution in [3.05, 3.63) is 51.8 Å². The van der Waals surface area contributed by atoms with E-state index in [0.717, 1.165) is 12.1 Å². The minimum atomic E-state index is -4.40. The quantitative estimate of drug-likeness (QED) is 0.850. The molecule has 18 heavy (non-hydrogen) atoms. The molecular weight excluding hydrogens is 245 g/mol. The summed E-state index contributed by atoms with van der Waals surface area (Å²) in [5.41, 5.74) is -0.0388. The fourth-order valence-corrected chi connectivity index (χ4v) is 1.60. The molecule has 0 aliphatic rings. The van der Waals surface area contributed by atoms with Crippen LogP contribution in [0.4, 0.5) is 13.2 Å². The maximum absolute atomic E-state index is 12.6. The van der Waals surface area contributed by atoms with Crippen LogP contribution in [0, 0.1) is 6.92 Å². The number of H-pyrrole nitrogens is 1. The summed E-state index contributed by atoms with van der Waals surface area (Å²) in [4.78, 5) is 10.8. The van der Waals surface area contributed by atoms with Gasteiger partial charge < -0.3 is 0 Å². The lowest BCUT2D eigenvalue weighted by Gasteiger charge is -2.10. The molecular formula is C12H9F3N2O. The Balaban J connectivity index is 2.55. The molecule has 3 nitrogen and oxygen atoms in total. The lowest BCUT2D eigenvalue weighted by molar-refractivity contribution is -0.137. The van der Waals surface area contributed by atoms with E-state index in [1.807, 2.05) is 0 Å². The van der Waals surface area contributed by atoms with Crippen LogP contribution in [0.2, 0.25) is 0 Å². The van der Waals surface area contributed by atoms with Gasteiger partial charge in [-0.05, 0) is 36.8 Å². The molecule has 0 atom stereocenters. The predicted molar refractivity (Wildman–Crippen MR) is 60.0 cm³/mol. The summed E-state index contributed by atoms with van der Waals surface area (Å²) in [5.74, 6) is 0. The third kappa shape index (κ3) is 2.58. The normalized spacial score (nSPS) is 11.6. The number of hydrogen-bond donors (Lipinski definition) is 1. The first-order chi connectivity index (χ1) is 8.36. The number of benzene rings is 1. The van der Waals surface area contributed by atoms with Gasteiger partial charge in [0.25, 0.3) is 5.56 Å². The molecule has 6 heteroatoms. The van der Waals surface area contributed by atoms with Crippen LogP contribution in [-0.2, 0) is 6.18 Å². The standard InChI is InChI=1S/C12H9F3N2O/c1-7-4-8(6-9(5-7)12(13,14)15)10-2-3-11(18)17-16-10/h2-6H,1H3,(H,17,18). The number of aromatic amines is 1. The Morgan fingerprint density at radius 2 is 1.89 bits per heavy atom. The predicted octanol–water partition coefficient (Wildman–Crippen LogP) is 2.76. The molecule has 0 saturated heterocycles. The molecule has 0 amide bonds. The van der Waals surface area contributed by atoms with E-state index in [1.54, 1.807) is 13.0 Å². The zero-order valence-electron chi connectivity index (χ0n) is 9.38. The topological polar surface area (TPSA) is 45.8 Å². The summed E-state index contributed by atoms with van der Waals surface area (Å²) in [6.45, 7) is 1.57. The van der Waals surface area contributed by atoms with E-state index in [0.29, 0.717) is 16.8 Å². The Hall–Kier alpha value is -2.11. The number of nitrogens with zero attached hydrogens (tertiary/aromatic N) is 1. The van der Waals surface area contributed by atoms with Gasteiger partial charge in [0.1, 0.15) is 0 Å². The molecule has 0 bridgehead atoms. The third-order valence-electron chi connectivity index (χ3n) is 2.38. The number of nitrogens with one attached hydrogen (secondary N) is 1. The second kappa shape index (κ2) is 4.29. The fraction of sp³-hybridized carbons (Fsp3) is 0.167. The summed E-state index contributed by atoms with van der Waals surface area (Å²) in [6, 6.07) is 6.25. The van der Waals surface area contributed by atoms with Gasteiger partial charge >= 0.3 is 6.18 Å². The Bertz CT molecular complexity index is 611. The second-order valence-corrected chi connectivity index (χ2v) is 3.89. The number of halogens is 3. The zero-order valence-corrected chi connectivity index (χ0v) is 9.38. The molecule has 0 fully saturated rings. The minimum Gasteiger partial charge on any atom is -0.268 e. The van der Waals surface area contributed by atoms with Crippen molar-refractivity contribution in [2.75, 3.05) is 0 Å². The van der Waals surface area contributed by atoms with Gasteiger partial charge in [0.2, 0.25) is 0 Å². The molecule has 1 heterocycles. The van der Waals surface area contributed by atoms with E-state index in [1.165, 1.54) is 12.1 Å². The Morgan fingerprint density at radius 1 is 1.17 bits per heavy atom. The van der Waals surface area contributed by atoms with Crippen LogP contribution in [-0.4, -0.2) is 10.2 Å². The lowest BCUT2D eigenvalue weighted by Crippen LogP contribution is -2.07. The molecule has 0 saturated carbocycles. The van der Waals surface area contributed by atoms with Crippen LogP contribution in [0.15, 0.2) is 35.1 Å². The average molecular weight is 254 g/mol. The van der Waals surface area contributed by atoms with Crippen molar-refractivity contribution in [1.82, 2.24) is 10.2 Å². The van der Waals surface area contributed by atoms with Crippen LogP contribution in [0.25, 0.3) is 11.3 Å². The number of aromatic nitrogens is 2. The summed E-state index contributed by atoms with van der Waals surface area (Å²) >= 11 is 0. The van der Waals surface area contributed by atoms with Gasteiger partial charge in [-0.25, -0.2) is 5.10 Å². The molecule has 1 aromatic heterocycles. The first kappa shape index (κ1) is 12.3. The highest BCUT2D eigenvalue weighted by Gasteiger charge is 2.31. The first-order valence-electron chi connectivity index (χ1n) is 5.11. The summed E-state index contributed by atoms with van der Waals surface area (Å²) in [7, 11) is 0. The van der Waals surface area contributed by atoms with Crippen LogP contribution >= 0.6 is 0 Å². The van der Waals surface area contributed by atoms with Crippen molar-refractivity contribution in [3.63, 3.8) is 0 Å². The van der Waals surface area contributed by atoms with Gasteiger partial charge in [0, 0.05) is 11.6 Å². The summed E-state index contributed by atoms with van der Waals surface area (Å²) < 4.78 is 37.9. The fourth-order valence-electron chi connectivity index (χ4n) is 1.60. The van der Waals surface area contributed by atoms with E-state index in [4.69, 9.17) is 0 Å². The monoisotopic (exact) mass is 254 g/mol. The maximum Gasteiger partial charge on any atom is 0.416 e. The molecule has 0 aliphatic carbocycles. The van der Waals surface area contributed by atoms with Crippen molar-refractivity contribution >= 4 is 0 Å². The van der Waals surface area contributed by atoms with Crippen LogP contribution in [0.5, 0.6) is 0 Å². The molecule has 2 rings (SSSR count). The smallest absolute Gasteiger partial charge is 0.268 e. The largest absolute Gasteiger partial charge is 0.416 e. The lowest BCUT2D eigenvalue weighted by atomic mass is 10.0. The van der Waals surface area contributed by atoms with Gasteiger partial charge in [0.15, 0.2) is 0 Å². The van der Waals surface area contributed by atoms with Gasteiger partial charge in [-0.3, -0.25) is 4.79 Å².